The second-order valence-corrected chi connectivity index (χ2v) is 10.9. The van der Waals surface area contributed by atoms with Crippen molar-refractivity contribution in [2.24, 2.45) is 0 Å². The molecule has 3 rings (SSSR count). The molecule has 0 spiro atoms. The second-order valence-electron chi connectivity index (χ2n) is 7.12. The van der Waals surface area contributed by atoms with Crippen molar-refractivity contribution in [2.75, 3.05) is 18.8 Å². The van der Waals surface area contributed by atoms with Crippen LogP contribution in [0.5, 0.6) is 5.88 Å². The SMILES string of the molecule is CN(C)S(=O)(=O)Nc1cc(Cn2cc(O)n(-c3ccc(S(=O)(=O)C(F)(F)F)cc3)c2=O)ccn1. The van der Waals surface area contributed by atoms with Crippen LogP contribution in [0.15, 0.2) is 58.5 Å². The van der Waals surface area contributed by atoms with Gasteiger partial charge in [-0.1, -0.05) is 0 Å². The molecular weight excluding hydrogens is 503 g/mol. The lowest BCUT2D eigenvalue weighted by molar-refractivity contribution is -0.0436. The van der Waals surface area contributed by atoms with E-state index >= 15 is 0 Å². The predicted molar refractivity (Wildman–Crippen MR) is 115 cm³/mol. The number of pyridine rings is 1. The summed E-state index contributed by atoms with van der Waals surface area (Å²) in [6.45, 7) is -0.112. The van der Waals surface area contributed by atoms with Gasteiger partial charge in [0.2, 0.25) is 5.88 Å². The number of hydrogen-bond acceptors (Lipinski definition) is 7. The summed E-state index contributed by atoms with van der Waals surface area (Å²) in [5.41, 5.74) is -5.90. The highest BCUT2D eigenvalue weighted by Crippen LogP contribution is 2.30. The lowest BCUT2D eigenvalue weighted by Crippen LogP contribution is -2.29. The van der Waals surface area contributed by atoms with Gasteiger partial charge in [0.05, 0.1) is 23.3 Å². The van der Waals surface area contributed by atoms with Crippen molar-refractivity contribution in [2.45, 2.75) is 16.9 Å². The largest absolute Gasteiger partial charge is 0.501 e. The van der Waals surface area contributed by atoms with Gasteiger partial charge in [0.15, 0.2) is 0 Å². The quantitative estimate of drug-likeness (QED) is 0.477. The number of imidazole rings is 1. The number of halogens is 3. The molecule has 0 atom stereocenters. The van der Waals surface area contributed by atoms with Crippen LogP contribution in [0, 0.1) is 0 Å². The zero-order chi connectivity index (χ0) is 25.5. The maximum Gasteiger partial charge on any atom is 0.501 e. The molecule has 2 N–H and O–H groups in total. The monoisotopic (exact) mass is 521 g/mol. The summed E-state index contributed by atoms with van der Waals surface area (Å²) >= 11 is 0. The fourth-order valence-corrected chi connectivity index (χ4v) is 4.11. The normalized spacial score (nSPS) is 12.8. The molecule has 34 heavy (non-hydrogen) atoms. The van der Waals surface area contributed by atoms with Crippen LogP contribution in [0.3, 0.4) is 0 Å². The molecule has 0 bridgehead atoms. The molecular formula is C18H18F3N5O6S2. The molecule has 0 unspecified atom stereocenters. The number of benzene rings is 1. The fourth-order valence-electron chi connectivity index (χ4n) is 2.79. The van der Waals surface area contributed by atoms with Crippen molar-refractivity contribution < 1.29 is 35.1 Å². The van der Waals surface area contributed by atoms with Crippen LogP contribution in [0.2, 0.25) is 0 Å². The summed E-state index contributed by atoms with van der Waals surface area (Å²) in [4.78, 5) is 15.7. The van der Waals surface area contributed by atoms with E-state index in [1.54, 1.807) is 0 Å². The van der Waals surface area contributed by atoms with E-state index in [2.05, 4.69) is 9.71 Å². The van der Waals surface area contributed by atoms with Crippen LogP contribution in [0.25, 0.3) is 5.69 Å². The summed E-state index contributed by atoms with van der Waals surface area (Å²) < 4.78 is 90.0. The molecule has 184 valence electrons. The number of aromatic hydroxyl groups is 1. The maximum atomic E-state index is 12.8. The minimum Gasteiger partial charge on any atom is -0.493 e. The van der Waals surface area contributed by atoms with Gasteiger partial charge in [-0.15, -0.1) is 0 Å². The van der Waals surface area contributed by atoms with Gasteiger partial charge in [0.25, 0.3) is 9.84 Å². The Morgan fingerprint density at radius 3 is 2.26 bits per heavy atom. The number of rotatable bonds is 7. The van der Waals surface area contributed by atoms with Gasteiger partial charge in [0.1, 0.15) is 5.82 Å². The zero-order valence-corrected chi connectivity index (χ0v) is 19.2. The van der Waals surface area contributed by atoms with E-state index in [4.69, 9.17) is 0 Å². The van der Waals surface area contributed by atoms with E-state index in [0.717, 1.165) is 31.8 Å². The Morgan fingerprint density at radius 1 is 1.09 bits per heavy atom. The van der Waals surface area contributed by atoms with Crippen LogP contribution in [-0.2, 0) is 26.6 Å². The number of anilines is 1. The summed E-state index contributed by atoms with van der Waals surface area (Å²) in [7, 11) is -6.74. The number of nitrogens with one attached hydrogen (secondary N) is 1. The smallest absolute Gasteiger partial charge is 0.493 e. The van der Waals surface area contributed by atoms with Crippen LogP contribution in [0.4, 0.5) is 19.0 Å². The number of alkyl halides is 3. The molecule has 0 saturated heterocycles. The number of aromatic nitrogens is 3. The molecule has 0 saturated carbocycles. The highest BCUT2D eigenvalue weighted by atomic mass is 32.2. The highest BCUT2D eigenvalue weighted by Gasteiger charge is 2.46. The van der Waals surface area contributed by atoms with Crippen LogP contribution >= 0.6 is 0 Å². The van der Waals surface area contributed by atoms with Gasteiger partial charge >= 0.3 is 21.4 Å². The molecule has 0 amide bonds. The summed E-state index contributed by atoms with van der Waals surface area (Å²) in [5, 5.41) is 10.2. The molecule has 2 aromatic heterocycles. The topological polar surface area (TPSA) is 144 Å². The van der Waals surface area contributed by atoms with Crippen LogP contribution in [-0.4, -0.2) is 60.0 Å². The van der Waals surface area contributed by atoms with E-state index in [1.807, 2.05) is 0 Å². The lowest BCUT2D eigenvalue weighted by Gasteiger charge is -2.13. The standard InChI is InChI=1S/C18H18F3N5O6S2/c1-24(2)34(31,32)23-15-9-12(7-8-22-15)10-25-11-16(27)26(17(25)28)13-3-5-14(6-4-13)33(29,30)18(19,20)21/h3-9,11,27H,10H2,1-2H3,(H,22,23). The van der Waals surface area contributed by atoms with E-state index in [9.17, 15) is 39.9 Å². The minimum absolute atomic E-state index is 0.00985. The van der Waals surface area contributed by atoms with Crippen molar-refractivity contribution >= 4 is 25.9 Å². The first kappa shape index (κ1) is 25.3. The van der Waals surface area contributed by atoms with E-state index in [-0.39, 0.29) is 18.1 Å². The molecule has 11 nitrogen and oxygen atoms in total. The average molecular weight is 521 g/mol. The Bertz CT molecular complexity index is 1480. The third kappa shape index (κ3) is 4.92. The number of sulfone groups is 1. The van der Waals surface area contributed by atoms with Crippen molar-refractivity contribution in [3.05, 3.63) is 64.8 Å². The first-order valence-corrected chi connectivity index (χ1v) is 12.1. The first-order chi connectivity index (χ1) is 15.6. The molecule has 0 radical (unpaired) electrons. The zero-order valence-electron chi connectivity index (χ0n) is 17.6. The first-order valence-electron chi connectivity index (χ1n) is 9.21. The third-order valence-corrected chi connectivity index (χ3v) is 7.47. The van der Waals surface area contributed by atoms with Gasteiger partial charge in [-0.2, -0.15) is 25.9 Å². The van der Waals surface area contributed by atoms with Gasteiger partial charge in [-0.3, -0.25) is 9.29 Å². The Morgan fingerprint density at radius 2 is 1.71 bits per heavy atom. The molecule has 2 heterocycles. The number of nitrogens with zero attached hydrogens (tertiary/aromatic N) is 4. The fraction of sp³-hybridized carbons (Fsp3) is 0.222. The van der Waals surface area contributed by atoms with Crippen molar-refractivity contribution in [1.82, 2.24) is 18.4 Å². The van der Waals surface area contributed by atoms with Crippen molar-refractivity contribution in [3.63, 3.8) is 0 Å². The van der Waals surface area contributed by atoms with E-state index < -0.39 is 42.0 Å². The highest BCUT2D eigenvalue weighted by molar-refractivity contribution is 7.92. The Labute approximate surface area is 191 Å². The van der Waals surface area contributed by atoms with E-state index in [1.165, 1.54) is 32.4 Å². The van der Waals surface area contributed by atoms with Gasteiger partial charge < -0.3 is 5.11 Å². The molecule has 0 aliphatic carbocycles. The molecule has 0 fully saturated rings. The van der Waals surface area contributed by atoms with Crippen molar-refractivity contribution in [3.8, 4) is 11.6 Å². The van der Waals surface area contributed by atoms with Crippen LogP contribution in [0.1, 0.15) is 5.56 Å². The van der Waals surface area contributed by atoms with Gasteiger partial charge in [0, 0.05) is 20.3 Å². The summed E-state index contributed by atoms with van der Waals surface area (Å²) in [5.74, 6) is -0.566. The number of hydrogen-bond donors (Lipinski definition) is 2. The maximum absolute atomic E-state index is 12.8. The molecule has 0 aliphatic heterocycles. The lowest BCUT2D eigenvalue weighted by atomic mass is 10.2. The minimum atomic E-state index is -5.57. The summed E-state index contributed by atoms with van der Waals surface area (Å²) in [6.07, 6.45) is 2.37. The Balaban J connectivity index is 1.90. The van der Waals surface area contributed by atoms with Gasteiger partial charge in [-0.25, -0.2) is 22.8 Å². The molecule has 1 aromatic carbocycles. The second kappa shape index (κ2) is 8.77. The van der Waals surface area contributed by atoms with Gasteiger partial charge in [-0.05, 0) is 42.0 Å². The van der Waals surface area contributed by atoms with Crippen LogP contribution < -0.4 is 10.4 Å². The molecule has 0 aliphatic rings. The predicted octanol–water partition coefficient (Wildman–Crippen LogP) is 1.30. The third-order valence-electron chi connectivity index (χ3n) is 4.54. The van der Waals surface area contributed by atoms with Crippen molar-refractivity contribution in [1.29, 1.82) is 0 Å². The summed E-state index contributed by atoms with van der Waals surface area (Å²) in [6, 6.07) is 6.12. The Hall–Kier alpha value is -3.37. The average Bonchev–Trinajstić information content (AvgIpc) is 3.00. The molecule has 16 heteroatoms. The Kier molecular flexibility index (Phi) is 6.51. The molecule has 3 aromatic rings. The van der Waals surface area contributed by atoms with E-state index in [0.29, 0.717) is 17.7 Å².